The first-order valence-corrected chi connectivity index (χ1v) is 13.2. The van der Waals surface area contributed by atoms with Crippen LogP contribution in [-0.2, 0) is 20.9 Å². The molecule has 6 rings (SSSR count). The number of aromatic nitrogens is 3. The Balaban J connectivity index is 1.42. The molecule has 3 aromatic carbocycles. The summed E-state index contributed by atoms with van der Waals surface area (Å²) in [5.74, 6) is -0.684. The maximum absolute atomic E-state index is 15.3. The number of ether oxygens (including phenoxy) is 3. The first kappa shape index (κ1) is 25.8. The quantitative estimate of drug-likeness (QED) is 0.362. The average Bonchev–Trinajstić information content (AvgIpc) is 3.65. The van der Waals surface area contributed by atoms with E-state index in [9.17, 15) is 9.59 Å². The number of carbonyl (C=O) groups is 2. The number of amides is 2. The number of para-hydroxylation sites is 1. The predicted octanol–water partition coefficient (Wildman–Crippen LogP) is 3.41. The zero-order valence-electron chi connectivity index (χ0n) is 21.7. The number of carbonyl (C=O) groups excluding carboxylic acids is 2. The van der Waals surface area contributed by atoms with Gasteiger partial charge in [0.15, 0.2) is 11.5 Å². The number of nitrogens with one attached hydrogen (secondary N) is 1. The second-order valence-electron chi connectivity index (χ2n) is 9.63. The SMILES string of the molecule is O=C(NC[C@@H]1CCCO1)[C@@H](c1ccccc1F)N(C(=O)Cn1nnc2ccccc21)c1ccc2c(c1)OCCO2. The molecule has 10 nitrogen and oxygen atoms in total. The molecule has 40 heavy (non-hydrogen) atoms. The summed E-state index contributed by atoms with van der Waals surface area (Å²) in [5.41, 5.74) is 1.68. The Labute approximate surface area is 229 Å². The highest BCUT2D eigenvalue weighted by Crippen LogP contribution is 2.37. The van der Waals surface area contributed by atoms with E-state index in [0.717, 1.165) is 12.8 Å². The largest absolute Gasteiger partial charge is 0.486 e. The lowest BCUT2D eigenvalue weighted by Crippen LogP contribution is -2.47. The van der Waals surface area contributed by atoms with Gasteiger partial charge in [-0.05, 0) is 43.2 Å². The molecule has 1 aromatic heterocycles. The third-order valence-corrected chi connectivity index (χ3v) is 7.01. The first-order valence-electron chi connectivity index (χ1n) is 13.2. The Hall–Kier alpha value is -4.51. The molecule has 4 aromatic rings. The van der Waals surface area contributed by atoms with Gasteiger partial charge in [0.2, 0.25) is 11.8 Å². The van der Waals surface area contributed by atoms with Gasteiger partial charge in [-0.25, -0.2) is 9.07 Å². The summed E-state index contributed by atoms with van der Waals surface area (Å²) >= 11 is 0. The first-order chi connectivity index (χ1) is 19.6. The van der Waals surface area contributed by atoms with E-state index >= 15 is 4.39 Å². The molecule has 1 saturated heterocycles. The number of hydrogen-bond acceptors (Lipinski definition) is 7. The van der Waals surface area contributed by atoms with E-state index in [1.807, 2.05) is 12.1 Å². The molecule has 3 heterocycles. The fourth-order valence-corrected chi connectivity index (χ4v) is 5.07. The van der Waals surface area contributed by atoms with Gasteiger partial charge in [0.25, 0.3) is 0 Å². The normalized spacial score (nSPS) is 17.0. The summed E-state index contributed by atoms with van der Waals surface area (Å²) in [6, 6.07) is 16.9. The molecule has 2 aliphatic heterocycles. The van der Waals surface area contributed by atoms with Crippen molar-refractivity contribution >= 4 is 28.5 Å². The number of fused-ring (bicyclic) bond motifs is 2. The topological polar surface area (TPSA) is 108 Å². The molecule has 0 unspecified atom stereocenters. The second-order valence-corrected chi connectivity index (χ2v) is 9.63. The van der Waals surface area contributed by atoms with Gasteiger partial charge in [-0.2, -0.15) is 0 Å². The van der Waals surface area contributed by atoms with Crippen LogP contribution in [-0.4, -0.2) is 59.3 Å². The minimum Gasteiger partial charge on any atom is -0.486 e. The molecule has 1 fully saturated rings. The molecule has 0 saturated carbocycles. The average molecular weight is 546 g/mol. The van der Waals surface area contributed by atoms with Crippen LogP contribution >= 0.6 is 0 Å². The molecule has 0 bridgehead atoms. The summed E-state index contributed by atoms with van der Waals surface area (Å²) < 4.78 is 33.9. The highest BCUT2D eigenvalue weighted by molar-refractivity contribution is 6.01. The smallest absolute Gasteiger partial charge is 0.249 e. The van der Waals surface area contributed by atoms with Crippen LogP contribution in [0.15, 0.2) is 66.7 Å². The number of hydrogen-bond donors (Lipinski definition) is 1. The molecule has 2 atom stereocenters. The van der Waals surface area contributed by atoms with Crippen LogP contribution < -0.4 is 19.7 Å². The van der Waals surface area contributed by atoms with E-state index in [4.69, 9.17) is 14.2 Å². The Morgan fingerprint density at radius 1 is 1.02 bits per heavy atom. The Morgan fingerprint density at radius 2 is 1.82 bits per heavy atom. The van der Waals surface area contributed by atoms with Crippen molar-refractivity contribution in [3.8, 4) is 11.5 Å². The highest BCUT2D eigenvalue weighted by Gasteiger charge is 2.36. The zero-order valence-corrected chi connectivity index (χ0v) is 21.7. The van der Waals surface area contributed by atoms with Crippen molar-refractivity contribution in [2.45, 2.75) is 31.5 Å². The highest BCUT2D eigenvalue weighted by atomic mass is 19.1. The van der Waals surface area contributed by atoms with E-state index in [2.05, 4.69) is 15.6 Å². The fourth-order valence-electron chi connectivity index (χ4n) is 5.07. The minimum absolute atomic E-state index is 0.0547. The van der Waals surface area contributed by atoms with Crippen LogP contribution in [0.2, 0.25) is 0 Å². The number of nitrogens with zero attached hydrogens (tertiary/aromatic N) is 4. The molecule has 2 amide bonds. The van der Waals surface area contributed by atoms with Gasteiger partial charge in [-0.3, -0.25) is 14.5 Å². The summed E-state index contributed by atoms with van der Waals surface area (Å²) in [4.78, 5) is 29.3. The molecular weight excluding hydrogens is 517 g/mol. The molecule has 0 radical (unpaired) electrons. The summed E-state index contributed by atoms with van der Waals surface area (Å²) in [6.07, 6.45) is 1.59. The van der Waals surface area contributed by atoms with Gasteiger partial charge < -0.3 is 19.5 Å². The Morgan fingerprint density at radius 3 is 2.65 bits per heavy atom. The van der Waals surface area contributed by atoms with E-state index in [1.165, 1.54) is 27.8 Å². The molecule has 0 aliphatic carbocycles. The van der Waals surface area contributed by atoms with E-state index in [1.54, 1.807) is 36.4 Å². The number of halogens is 1. The molecule has 206 valence electrons. The van der Waals surface area contributed by atoms with Gasteiger partial charge in [0.1, 0.15) is 37.1 Å². The monoisotopic (exact) mass is 545 g/mol. The van der Waals surface area contributed by atoms with Crippen molar-refractivity contribution in [3.63, 3.8) is 0 Å². The standard InChI is InChI=1S/C29H28FN5O5/c30-22-8-2-1-7-21(22)28(29(37)31-17-20-6-5-13-38-20)35(19-11-12-25-26(16-19)40-15-14-39-25)27(36)18-34-24-10-4-3-9-23(24)32-33-34/h1-4,7-12,16,20,28H,5-6,13-15,17-18H2,(H,31,37)/t20-,28+/m0/s1. The lowest BCUT2D eigenvalue weighted by Gasteiger charge is -2.32. The molecular formula is C29H28FN5O5. The van der Waals surface area contributed by atoms with Gasteiger partial charge in [0, 0.05) is 30.5 Å². The van der Waals surface area contributed by atoms with Gasteiger partial charge in [-0.1, -0.05) is 35.5 Å². The summed E-state index contributed by atoms with van der Waals surface area (Å²) in [5, 5.41) is 11.2. The number of rotatable bonds is 8. The van der Waals surface area contributed by atoms with Crippen molar-refractivity contribution in [2.75, 3.05) is 31.3 Å². The van der Waals surface area contributed by atoms with Crippen molar-refractivity contribution in [3.05, 3.63) is 78.1 Å². The number of anilines is 1. The van der Waals surface area contributed by atoms with Crippen LogP contribution in [0, 0.1) is 5.82 Å². The fraction of sp³-hybridized carbons (Fsp3) is 0.310. The minimum atomic E-state index is -1.33. The van der Waals surface area contributed by atoms with Gasteiger partial charge in [-0.15, -0.1) is 5.10 Å². The van der Waals surface area contributed by atoms with E-state index < -0.39 is 23.7 Å². The maximum atomic E-state index is 15.3. The van der Waals surface area contributed by atoms with Crippen LogP contribution in [0.4, 0.5) is 10.1 Å². The lowest BCUT2D eigenvalue weighted by molar-refractivity contribution is -0.127. The van der Waals surface area contributed by atoms with E-state index in [0.29, 0.717) is 48.0 Å². The lowest BCUT2D eigenvalue weighted by atomic mass is 10.0. The van der Waals surface area contributed by atoms with Gasteiger partial charge in [0.05, 0.1) is 11.6 Å². The third kappa shape index (κ3) is 5.20. The van der Waals surface area contributed by atoms with Crippen LogP contribution in [0.3, 0.4) is 0 Å². The molecule has 1 N–H and O–H groups in total. The predicted molar refractivity (Wildman–Crippen MR) is 144 cm³/mol. The molecule has 0 spiro atoms. The molecule has 11 heteroatoms. The summed E-state index contributed by atoms with van der Waals surface area (Å²) in [7, 11) is 0. The second kappa shape index (κ2) is 11.3. The Kier molecular flexibility index (Phi) is 7.28. The van der Waals surface area contributed by atoms with Crippen LogP contribution in [0.25, 0.3) is 11.0 Å². The van der Waals surface area contributed by atoms with Gasteiger partial charge >= 0.3 is 0 Å². The van der Waals surface area contributed by atoms with Crippen LogP contribution in [0.5, 0.6) is 11.5 Å². The third-order valence-electron chi connectivity index (χ3n) is 7.01. The Bertz CT molecular complexity index is 1540. The van der Waals surface area contributed by atoms with Crippen molar-refractivity contribution in [1.82, 2.24) is 20.3 Å². The maximum Gasteiger partial charge on any atom is 0.249 e. The molecule has 2 aliphatic rings. The van der Waals surface area contributed by atoms with Crippen molar-refractivity contribution < 1.29 is 28.2 Å². The van der Waals surface area contributed by atoms with Crippen molar-refractivity contribution in [2.24, 2.45) is 0 Å². The van der Waals surface area contributed by atoms with Crippen molar-refractivity contribution in [1.29, 1.82) is 0 Å². The zero-order chi connectivity index (χ0) is 27.5. The van der Waals surface area contributed by atoms with Crippen LogP contribution in [0.1, 0.15) is 24.4 Å². The summed E-state index contributed by atoms with van der Waals surface area (Å²) in [6.45, 7) is 1.39. The number of benzene rings is 3. The van der Waals surface area contributed by atoms with E-state index in [-0.39, 0.29) is 24.8 Å².